The molecule has 1 aromatic rings. The first-order chi connectivity index (χ1) is 9.14. The molecule has 0 unspecified atom stereocenters. The summed E-state index contributed by atoms with van der Waals surface area (Å²) < 4.78 is 36.9. The van der Waals surface area contributed by atoms with Crippen LogP contribution >= 0.6 is 11.3 Å². The molecule has 114 valence electrons. The Morgan fingerprint density at radius 1 is 1.25 bits per heavy atom. The zero-order chi connectivity index (χ0) is 15.0. The SMILES string of the molecule is CC(C)(C)NCc1sc(CCC(F)(F)F)nc1C1CC1. The molecule has 0 amide bonds. The van der Waals surface area contributed by atoms with Crippen molar-refractivity contribution in [3.8, 4) is 0 Å². The van der Waals surface area contributed by atoms with Crippen LogP contribution in [-0.4, -0.2) is 16.7 Å². The van der Waals surface area contributed by atoms with E-state index in [0.717, 1.165) is 23.4 Å². The van der Waals surface area contributed by atoms with Gasteiger partial charge in [-0.05, 0) is 33.6 Å². The van der Waals surface area contributed by atoms with Gasteiger partial charge in [0.25, 0.3) is 0 Å². The third kappa shape index (κ3) is 5.05. The quantitative estimate of drug-likeness (QED) is 0.872. The molecule has 0 spiro atoms. The lowest BCUT2D eigenvalue weighted by atomic mass is 10.1. The Morgan fingerprint density at radius 3 is 2.40 bits per heavy atom. The fourth-order valence-corrected chi connectivity index (χ4v) is 3.01. The van der Waals surface area contributed by atoms with Crippen molar-refractivity contribution in [3.05, 3.63) is 15.6 Å². The molecule has 1 aliphatic carbocycles. The van der Waals surface area contributed by atoms with Gasteiger partial charge in [-0.25, -0.2) is 4.98 Å². The Morgan fingerprint density at radius 2 is 1.90 bits per heavy atom. The van der Waals surface area contributed by atoms with Gasteiger partial charge in [0, 0.05) is 35.7 Å². The minimum atomic E-state index is -4.10. The average Bonchev–Trinajstić information content (AvgIpc) is 3.03. The Bertz CT molecular complexity index is 456. The van der Waals surface area contributed by atoms with Crippen LogP contribution in [0.3, 0.4) is 0 Å². The Hall–Kier alpha value is -0.620. The molecule has 20 heavy (non-hydrogen) atoms. The van der Waals surface area contributed by atoms with E-state index in [4.69, 9.17) is 0 Å². The Kier molecular flexibility index (Phi) is 4.44. The second kappa shape index (κ2) is 5.64. The maximum absolute atomic E-state index is 12.3. The maximum atomic E-state index is 12.3. The first kappa shape index (κ1) is 15.8. The van der Waals surface area contributed by atoms with E-state index in [-0.39, 0.29) is 12.0 Å². The van der Waals surface area contributed by atoms with Gasteiger partial charge in [-0.2, -0.15) is 13.2 Å². The molecule has 0 aliphatic heterocycles. The molecular formula is C14H21F3N2S. The van der Waals surface area contributed by atoms with Crippen LogP contribution in [0, 0.1) is 0 Å². The van der Waals surface area contributed by atoms with Crippen LogP contribution in [0.1, 0.15) is 61.5 Å². The zero-order valence-corrected chi connectivity index (χ0v) is 12.9. The van der Waals surface area contributed by atoms with Crippen molar-refractivity contribution in [1.82, 2.24) is 10.3 Å². The van der Waals surface area contributed by atoms with Crippen LogP contribution < -0.4 is 5.32 Å². The highest BCUT2D eigenvalue weighted by molar-refractivity contribution is 7.11. The molecule has 1 saturated carbocycles. The molecule has 1 fully saturated rings. The number of halogens is 3. The lowest BCUT2D eigenvalue weighted by Gasteiger charge is -2.20. The summed E-state index contributed by atoms with van der Waals surface area (Å²) in [5.41, 5.74) is 1.03. The molecule has 1 heterocycles. The number of thiazole rings is 1. The van der Waals surface area contributed by atoms with Crippen molar-refractivity contribution in [2.45, 2.75) is 70.6 Å². The third-order valence-corrected chi connectivity index (χ3v) is 4.27. The summed E-state index contributed by atoms with van der Waals surface area (Å²) >= 11 is 1.44. The van der Waals surface area contributed by atoms with E-state index in [2.05, 4.69) is 31.1 Å². The number of aryl methyl sites for hydroxylation is 1. The van der Waals surface area contributed by atoms with Gasteiger partial charge in [0.2, 0.25) is 0 Å². The summed E-state index contributed by atoms with van der Waals surface area (Å²) in [4.78, 5) is 5.57. The van der Waals surface area contributed by atoms with Crippen molar-refractivity contribution < 1.29 is 13.2 Å². The van der Waals surface area contributed by atoms with Gasteiger partial charge < -0.3 is 5.32 Å². The average molecular weight is 306 g/mol. The zero-order valence-electron chi connectivity index (χ0n) is 12.1. The molecule has 6 heteroatoms. The molecule has 0 aromatic carbocycles. The second-order valence-electron chi connectivity index (χ2n) is 6.41. The molecule has 1 aromatic heterocycles. The molecular weight excluding hydrogens is 285 g/mol. The largest absolute Gasteiger partial charge is 0.389 e. The molecule has 0 bridgehead atoms. The molecule has 1 aliphatic rings. The lowest BCUT2D eigenvalue weighted by Crippen LogP contribution is -2.35. The summed E-state index contributed by atoms with van der Waals surface area (Å²) in [6, 6.07) is 0. The van der Waals surface area contributed by atoms with Gasteiger partial charge in [0.05, 0.1) is 10.7 Å². The molecule has 0 radical (unpaired) electrons. The van der Waals surface area contributed by atoms with E-state index in [0.29, 0.717) is 17.5 Å². The van der Waals surface area contributed by atoms with Crippen molar-refractivity contribution >= 4 is 11.3 Å². The van der Waals surface area contributed by atoms with Crippen LogP contribution in [0.25, 0.3) is 0 Å². The van der Waals surface area contributed by atoms with Gasteiger partial charge >= 0.3 is 6.18 Å². The van der Waals surface area contributed by atoms with Gasteiger partial charge in [0.1, 0.15) is 0 Å². The lowest BCUT2D eigenvalue weighted by molar-refractivity contribution is -0.134. The fraction of sp³-hybridized carbons (Fsp3) is 0.786. The number of hydrogen-bond acceptors (Lipinski definition) is 3. The van der Waals surface area contributed by atoms with Gasteiger partial charge in [0.15, 0.2) is 0 Å². The highest BCUT2D eigenvalue weighted by atomic mass is 32.1. The summed E-state index contributed by atoms with van der Waals surface area (Å²) in [6.07, 6.45) is -2.65. The summed E-state index contributed by atoms with van der Waals surface area (Å²) in [5, 5.41) is 4.02. The summed E-state index contributed by atoms with van der Waals surface area (Å²) in [5.74, 6) is 0.475. The molecule has 0 saturated heterocycles. The number of nitrogens with zero attached hydrogens (tertiary/aromatic N) is 1. The van der Waals surface area contributed by atoms with Crippen molar-refractivity contribution in [2.24, 2.45) is 0 Å². The second-order valence-corrected chi connectivity index (χ2v) is 7.58. The highest BCUT2D eigenvalue weighted by Crippen LogP contribution is 2.43. The Balaban J connectivity index is 2.04. The minimum Gasteiger partial charge on any atom is -0.307 e. The topological polar surface area (TPSA) is 24.9 Å². The van der Waals surface area contributed by atoms with E-state index < -0.39 is 12.6 Å². The van der Waals surface area contributed by atoms with Crippen LogP contribution in [0.2, 0.25) is 0 Å². The third-order valence-electron chi connectivity index (χ3n) is 3.14. The number of nitrogens with one attached hydrogen (secondary N) is 1. The normalized spacial score (nSPS) is 16.7. The highest BCUT2D eigenvalue weighted by Gasteiger charge is 2.31. The fourth-order valence-electron chi connectivity index (χ4n) is 1.92. The van der Waals surface area contributed by atoms with E-state index >= 15 is 0 Å². The van der Waals surface area contributed by atoms with E-state index in [9.17, 15) is 13.2 Å². The van der Waals surface area contributed by atoms with Crippen LogP contribution in [-0.2, 0) is 13.0 Å². The smallest absolute Gasteiger partial charge is 0.307 e. The van der Waals surface area contributed by atoms with E-state index in [1.165, 1.54) is 11.3 Å². The maximum Gasteiger partial charge on any atom is 0.389 e. The predicted molar refractivity (Wildman–Crippen MR) is 75.1 cm³/mol. The van der Waals surface area contributed by atoms with Crippen molar-refractivity contribution in [3.63, 3.8) is 0 Å². The van der Waals surface area contributed by atoms with Gasteiger partial charge in [-0.3, -0.25) is 0 Å². The standard InChI is InChI=1S/C14H21F3N2S/c1-13(2,3)18-8-10-12(9-4-5-9)19-11(20-10)6-7-14(15,16)17/h9,18H,4-8H2,1-3H3. The van der Waals surface area contributed by atoms with Gasteiger partial charge in [-0.1, -0.05) is 0 Å². The summed E-state index contributed by atoms with van der Waals surface area (Å²) in [7, 11) is 0. The number of rotatable bonds is 5. The van der Waals surface area contributed by atoms with Gasteiger partial charge in [-0.15, -0.1) is 11.3 Å². The minimum absolute atomic E-state index is 0.00303. The van der Waals surface area contributed by atoms with Crippen molar-refractivity contribution in [2.75, 3.05) is 0 Å². The van der Waals surface area contributed by atoms with Crippen LogP contribution in [0.4, 0.5) is 13.2 Å². The predicted octanol–water partition coefficient (Wildman–Crippen LogP) is 4.40. The number of hydrogen-bond donors (Lipinski definition) is 1. The molecule has 2 nitrogen and oxygen atoms in total. The van der Waals surface area contributed by atoms with Crippen molar-refractivity contribution in [1.29, 1.82) is 0 Å². The Labute approximate surface area is 121 Å². The number of aromatic nitrogens is 1. The first-order valence-corrected chi connectivity index (χ1v) is 7.76. The van der Waals surface area contributed by atoms with E-state index in [1.807, 2.05) is 0 Å². The molecule has 1 N–H and O–H groups in total. The van der Waals surface area contributed by atoms with Crippen LogP contribution in [0.15, 0.2) is 0 Å². The van der Waals surface area contributed by atoms with Crippen LogP contribution in [0.5, 0.6) is 0 Å². The first-order valence-electron chi connectivity index (χ1n) is 6.94. The number of alkyl halides is 3. The molecule has 2 rings (SSSR count). The summed E-state index contributed by atoms with van der Waals surface area (Å²) in [6.45, 7) is 6.93. The monoisotopic (exact) mass is 306 g/mol. The van der Waals surface area contributed by atoms with E-state index in [1.54, 1.807) is 0 Å². The molecule has 0 atom stereocenters.